The Labute approximate surface area is 253 Å². The molecule has 3 aromatic heterocycles. The van der Waals surface area contributed by atoms with Crippen molar-refractivity contribution >= 4 is 40.4 Å². The van der Waals surface area contributed by atoms with Crippen LogP contribution in [0.15, 0.2) is 60.0 Å². The molecule has 1 fully saturated rings. The van der Waals surface area contributed by atoms with Crippen molar-refractivity contribution in [2.24, 2.45) is 10.7 Å². The van der Waals surface area contributed by atoms with Gasteiger partial charge in [0.1, 0.15) is 29.0 Å². The Morgan fingerprint density at radius 1 is 1.21 bits per heavy atom. The summed E-state index contributed by atoms with van der Waals surface area (Å²) in [7, 11) is 0. The molecule has 4 aromatic rings. The molecule has 5 rings (SSSR count). The van der Waals surface area contributed by atoms with E-state index in [0.29, 0.717) is 28.0 Å². The number of alkyl carbamates (subject to hydrolysis) is 1. The van der Waals surface area contributed by atoms with E-state index in [1.54, 1.807) is 23.0 Å². The largest absolute Gasteiger partial charge is 0.444 e. The number of hydrogen-bond donors (Lipinski definition) is 3. The monoisotopic (exact) mass is 602 g/mol. The molecule has 0 aliphatic heterocycles. The maximum atomic E-state index is 14.0. The number of rotatable bonds is 6. The van der Waals surface area contributed by atoms with Crippen molar-refractivity contribution in [3.63, 3.8) is 0 Å². The highest BCUT2D eigenvalue weighted by Gasteiger charge is 2.26. The molecular formula is C31H32ClFN8O2. The number of nitrogens with one attached hydrogen (secondary N) is 2. The molecular weight excluding hydrogens is 571 g/mol. The average Bonchev–Trinajstić information content (AvgIpc) is 3.40. The number of aliphatic imine (C=N–C) groups is 1. The highest BCUT2D eigenvalue weighted by Crippen LogP contribution is 2.33. The van der Waals surface area contributed by atoms with E-state index in [9.17, 15) is 14.4 Å². The second-order valence-electron chi connectivity index (χ2n) is 11.4. The van der Waals surface area contributed by atoms with Crippen LogP contribution in [0.5, 0.6) is 0 Å². The number of amides is 1. The number of nitrogens with zero attached hydrogens (tertiary/aromatic N) is 5. The third kappa shape index (κ3) is 7.04. The lowest BCUT2D eigenvalue weighted by Gasteiger charge is -2.31. The van der Waals surface area contributed by atoms with Crippen molar-refractivity contribution in [1.82, 2.24) is 19.9 Å². The van der Waals surface area contributed by atoms with E-state index in [2.05, 4.69) is 31.8 Å². The van der Waals surface area contributed by atoms with Gasteiger partial charge >= 0.3 is 6.09 Å². The molecule has 0 spiro atoms. The molecule has 43 heavy (non-hydrogen) atoms. The fourth-order valence-electron chi connectivity index (χ4n) is 5.10. The van der Waals surface area contributed by atoms with Crippen LogP contribution in [0.25, 0.3) is 16.6 Å². The summed E-state index contributed by atoms with van der Waals surface area (Å²) in [6, 6.07) is 11.6. The number of carbonyl (C=O) groups excluding carboxylic acids is 1. The van der Waals surface area contributed by atoms with E-state index in [-0.39, 0.29) is 28.6 Å². The van der Waals surface area contributed by atoms with Gasteiger partial charge in [-0.2, -0.15) is 10.4 Å². The van der Waals surface area contributed by atoms with Crippen molar-refractivity contribution in [1.29, 1.82) is 5.26 Å². The number of nitrogens with two attached hydrogens (primary N) is 1. The molecule has 1 aliphatic rings. The molecule has 10 nitrogen and oxygen atoms in total. The standard InChI is InChI=1S/C31H32ClFN8O2/c1-31(2,3)43-30(42)39-21-9-7-20(8-10-21)38-28-23(29(35)40-25-14-19(33)6-11-24(25)32)16-37-41-17-18(13-27(28)41)22-5-4-12-36-26(22)15-34/h4-6,11-14,16-17,20-21,38H,7-10H2,1-3H3,(H2,35,40)(H,39,42). The van der Waals surface area contributed by atoms with Crippen LogP contribution in [-0.2, 0) is 4.74 Å². The number of fused-ring (bicyclic) bond motifs is 1. The van der Waals surface area contributed by atoms with E-state index in [1.807, 2.05) is 39.1 Å². The number of halogens is 2. The fraction of sp³-hybridized carbons (Fsp3) is 0.323. The number of ether oxygens (including phenoxy) is 1. The molecule has 0 radical (unpaired) electrons. The minimum absolute atomic E-state index is 0.00136. The lowest BCUT2D eigenvalue weighted by atomic mass is 9.91. The quantitative estimate of drug-likeness (QED) is 0.172. The van der Waals surface area contributed by atoms with E-state index < -0.39 is 17.5 Å². The van der Waals surface area contributed by atoms with Crippen molar-refractivity contribution in [2.75, 3.05) is 5.32 Å². The Hall–Kier alpha value is -4.69. The molecule has 1 aromatic carbocycles. The first-order valence-corrected chi connectivity index (χ1v) is 14.3. The summed E-state index contributed by atoms with van der Waals surface area (Å²) >= 11 is 6.27. The number of hydrogen-bond acceptors (Lipinski definition) is 7. The van der Waals surface area contributed by atoms with Gasteiger partial charge in [0.15, 0.2) is 0 Å². The third-order valence-corrected chi connectivity index (χ3v) is 7.40. The van der Waals surface area contributed by atoms with Crippen LogP contribution in [0.4, 0.5) is 20.6 Å². The van der Waals surface area contributed by atoms with Gasteiger partial charge in [-0.3, -0.25) is 0 Å². The number of anilines is 1. The van der Waals surface area contributed by atoms with Gasteiger partial charge in [0.2, 0.25) is 0 Å². The van der Waals surface area contributed by atoms with Crippen LogP contribution in [-0.4, -0.2) is 44.2 Å². The maximum Gasteiger partial charge on any atom is 0.407 e. The predicted molar refractivity (Wildman–Crippen MR) is 164 cm³/mol. The second kappa shape index (κ2) is 12.3. The number of nitriles is 1. The van der Waals surface area contributed by atoms with Crippen LogP contribution in [0.2, 0.25) is 5.02 Å². The van der Waals surface area contributed by atoms with Gasteiger partial charge in [-0.15, -0.1) is 0 Å². The minimum Gasteiger partial charge on any atom is -0.444 e. The third-order valence-electron chi connectivity index (χ3n) is 7.08. The molecule has 1 amide bonds. The van der Waals surface area contributed by atoms with Gasteiger partial charge in [0.25, 0.3) is 0 Å². The Bertz CT molecular complexity index is 1730. The van der Waals surface area contributed by atoms with Crippen molar-refractivity contribution in [3.8, 4) is 17.2 Å². The molecule has 3 heterocycles. The van der Waals surface area contributed by atoms with Crippen molar-refractivity contribution in [2.45, 2.75) is 64.1 Å². The predicted octanol–water partition coefficient (Wildman–Crippen LogP) is 6.35. The van der Waals surface area contributed by atoms with Crippen LogP contribution in [0, 0.1) is 17.1 Å². The molecule has 1 aliphatic carbocycles. The fourth-order valence-corrected chi connectivity index (χ4v) is 5.26. The summed E-state index contributed by atoms with van der Waals surface area (Å²) in [4.78, 5) is 20.9. The SMILES string of the molecule is CC(C)(C)OC(=O)NC1CCC(Nc2c(C(N)=Nc3cc(F)ccc3Cl)cnn3cc(-c4cccnc4C#N)cc23)CC1. The number of amidine groups is 1. The van der Waals surface area contributed by atoms with Crippen molar-refractivity contribution < 1.29 is 13.9 Å². The topological polar surface area (TPSA) is 143 Å². The molecule has 1 saturated carbocycles. The summed E-state index contributed by atoms with van der Waals surface area (Å²) in [6.45, 7) is 5.50. The first kappa shape index (κ1) is 29.8. The Balaban J connectivity index is 1.48. The molecule has 12 heteroatoms. The number of benzene rings is 1. The first-order valence-electron chi connectivity index (χ1n) is 13.9. The normalized spacial score (nSPS) is 17.3. The summed E-state index contributed by atoms with van der Waals surface area (Å²) in [6.07, 6.45) is 7.62. The second-order valence-corrected chi connectivity index (χ2v) is 11.8. The summed E-state index contributed by atoms with van der Waals surface area (Å²) in [5.74, 6) is -0.382. The van der Waals surface area contributed by atoms with Gasteiger partial charge in [-0.25, -0.2) is 23.7 Å². The summed E-state index contributed by atoms with van der Waals surface area (Å²) in [5, 5.41) is 21.0. The molecule has 0 unspecified atom stereocenters. The number of pyridine rings is 1. The van der Waals surface area contributed by atoms with Gasteiger partial charge in [0.05, 0.1) is 33.7 Å². The molecule has 0 atom stereocenters. The van der Waals surface area contributed by atoms with Gasteiger partial charge in [0, 0.05) is 41.7 Å². The zero-order chi connectivity index (χ0) is 30.7. The first-order chi connectivity index (χ1) is 20.5. The molecule has 0 bridgehead atoms. The van der Waals surface area contributed by atoms with E-state index in [4.69, 9.17) is 22.1 Å². The van der Waals surface area contributed by atoms with Gasteiger partial charge < -0.3 is 21.1 Å². The average molecular weight is 603 g/mol. The summed E-state index contributed by atoms with van der Waals surface area (Å²) < 4.78 is 21.1. The Morgan fingerprint density at radius 3 is 2.67 bits per heavy atom. The summed E-state index contributed by atoms with van der Waals surface area (Å²) in [5.41, 5.74) is 9.75. The van der Waals surface area contributed by atoms with Crippen molar-refractivity contribution in [3.05, 3.63) is 77.1 Å². The highest BCUT2D eigenvalue weighted by molar-refractivity contribution is 6.33. The smallest absolute Gasteiger partial charge is 0.407 e. The number of aromatic nitrogens is 3. The molecule has 222 valence electrons. The molecule has 4 N–H and O–H groups in total. The maximum absolute atomic E-state index is 14.0. The van der Waals surface area contributed by atoms with Crippen LogP contribution >= 0.6 is 11.6 Å². The van der Waals surface area contributed by atoms with Gasteiger partial charge in [-0.05, 0) is 76.8 Å². The van der Waals surface area contributed by atoms with Crippen LogP contribution < -0.4 is 16.4 Å². The highest BCUT2D eigenvalue weighted by atomic mass is 35.5. The zero-order valence-electron chi connectivity index (χ0n) is 24.1. The Kier molecular flexibility index (Phi) is 8.50. The van der Waals surface area contributed by atoms with Crippen LogP contribution in [0.1, 0.15) is 57.7 Å². The Morgan fingerprint density at radius 2 is 1.95 bits per heavy atom. The van der Waals surface area contributed by atoms with E-state index >= 15 is 0 Å². The van der Waals surface area contributed by atoms with Crippen LogP contribution in [0.3, 0.4) is 0 Å². The number of carbonyl (C=O) groups is 1. The lowest BCUT2D eigenvalue weighted by molar-refractivity contribution is 0.0492. The van der Waals surface area contributed by atoms with E-state index in [1.165, 1.54) is 18.2 Å². The van der Waals surface area contributed by atoms with Gasteiger partial charge in [-0.1, -0.05) is 11.6 Å². The zero-order valence-corrected chi connectivity index (χ0v) is 24.8. The van der Waals surface area contributed by atoms with E-state index in [0.717, 1.165) is 31.2 Å². The lowest BCUT2D eigenvalue weighted by Crippen LogP contribution is -2.42. The molecule has 0 saturated heterocycles. The minimum atomic E-state index is -0.566.